The number of aromatic amines is 1. The summed E-state index contributed by atoms with van der Waals surface area (Å²) in [5, 5.41) is 14.0. The van der Waals surface area contributed by atoms with Crippen LogP contribution in [0.15, 0.2) is 24.3 Å². The van der Waals surface area contributed by atoms with Crippen molar-refractivity contribution in [2.45, 2.75) is 19.8 Å². The van der Waals surface area contributed by atoms with E-state index in [4.69, 9.17) is 0 Å². The highest BCUT2D eigenvalue weighted by Gasteiger charge is 2.12. The number of H-pyrrole nitrogens is 1. The lowest BCUT2D eigenvalue weighted by Crippen LogP contribution is -2.31. The smallest absolute Gasteiger partial charge is 0.181 e. The van der Waals surface area contributed by atoms with Gasteiger partial charge in [0.1, 0.15) is 5.82 Å². The molecule has 0 saturated carbocycles. The lowest BCUT2D eigenvalue weighted by Gasteiger charge is -2.23. The highest BCUT2D eigenvalue weighted by atomic mass is 15.2. The van der Waals surface area contributed by atoms with Crippen LogP contribution in [0.25, 0.3) is 11.4 Å². The van der Waals surface area contributed by atoms with Crippen LogP contribution in [-0.4, -0.2) is 34.8 Å². The number of piperidine rings is 1. The van der Waals surface area contributed by atoms with E-state index in [9.17, 15) is 0 Å². The molecule has 3 N–H and O–H groups in total. The van der Waals surface area contributed by atoms with Gasteiger partial charge in [0.25, 0.3) is 0 Å². The van der Waals surface area contributed by atoms with E-state index in [1.165, 1.54) is 12.8 Å². The summed E-state index contributed by atoms with van der Waals surface area (Å²) in [6.45, 7) is 5.24. The maximum atomic E-state index is 4.37. The Morgan fingerprint density at radius 3 is 2.90 bits per heavy atom. The first-order chi connectivity index (χ1) is 9.81. The maximum Gasteiger partial charge on any atom is 0.181 e. The van der Waals surface area contributed by atoms with E-state index in [0.717, 1.165) is 48.5 Å². The van der Waals surface area contributed by atoms with Gasteiger partial charge in [-0.1, -0.05) is 12.1 Å². The van der Waals surface area contributed by atoms with Gasteiger partial charge in [-0.2, -0.15) is 5.10 Å². The predicted octanol–water partition coefficient (Wildman–Crippen LogP) is 2.19. The van der Waals surface area contributed by atoms with E-state index in [0.29, 0.717) is 0 Å². The average Bonchev–Trinajstić information content (AvgIpc) is 2.93. The third-order valence-electron chi connectivity index (χ3n) is 3.77. The van der Waals surface area contributed by atoms with Crippen LogP contribution >= 0.6 is 0 Å². The SMILES string of the molecule is Cc1nc(-c2cccc(NCC3CCNCC3)c2)n[nH]1. The van der Waals surface area contributed by atoms with Crippen LogP contribution in [0.4, 0.5) is 5.69 Å². The van der Waals surface area contributed by atoms with Crippen molar-refractivity contribution in [3.8, 4) is 11.4 Å². The zero-order chi connectivity index (χ0) is 13.8. The van der Waals surface area contributed by atoms with Gasteiger partial charge < -0.3 is 10.6 Å². The van der Waals surface area contributed by atoms with E-state index in [-0.39, 0.29) is 0 Å². The highest BCUT2D eigenvalue weighted by molar-refractivity contribution is 5.62. The van der Waals surface area contributed by atoms with Crippen molar-refractivity contribution < 1.29 is 0 Å². The van der Waals surface area contributed by atoms with Crippen LogP contribution < -0.4 is 10.6 Å². The van der Waals surface area contributed by atoms with Gasteiger partial charge >= 0.3 is 0 Å². The fraction of sp³-hybridized carbons (Fsp3) is 0.467. The lowest BCUT2D eigenvalue weighted by atomic mass is 9.98. The molecule has 1 aromatic carbocycles. The molecule has 2 aromatic rings. The Labute approximate surface area is 119 Å². The fourth-order valence-corrected chi connectivity index (χ4v) is 2.59. The Morgan fingerprint density at radius 2 is 2.15 bits per heavy atom. The molecular formula is C15H21N5. The van der Waals surface area contributed by atoms with Crippen molar-refractivity contribution in [1.82, 2.24) is 20.5 Å². The Morgan fingerprint density at radius 1 is 1.30 bits per heavy atom. The molecule has 106 valence electrons. The van der Waals surface area contributed by atoms with E-state index in [2.05, 4.69) is 37.9 Å². The Bertz CT molecular complexity index is 557. The molecule has 1 aromatic heterocycles. The molecule has 0 atom stereocenters. The summed E-state index contributed by atoms with van der Waals surface area (Å²) in [6, 6.07) is 8.30. The first kappa shape index (κ1) is 13.1. The number of nitrogens with zero attached hydrogens (tertiary/aromatic N) is 2. The number of anilines is 1. The Hall–Kier alpha value is -1.88. The van der Waals surface area contributed by atoms with Crippen LogP contribution in [0.2, 0.25) is 0 Å². The van der Waals surface area contributed by atoms with Crippen LogP contribution in [0.3, 0.4) is 0 Å². The summed E-state index contributed by atoms with van der Waals surface area (Å²) in [7, 11) is 0. The standard InChI is InChI=1S/C15H21N5/c1-11-18-15(20-19-11)13-3-2-4-14(9-13)17-10-12-5-7-16-8-6-12/h2-4,9,12,16-17H,5-8,10H2,1H3,(H,18,19,20). The molecule has 1 aliphatic rings. The molecule has 2 heterocycles. The topological polar surface area (TPSA) is 65.6 Å². The van der Waals surface area contributed by atoms with Crippen molar-refractivity contribution in [3.63, 3.8) is 0 Å². The minimum absolute atomic E-state index is 0.757. The molecule has 0 spiro atoms. The van der Waals surface area contributed by atoms with Crippen LogP contribution in [0.5, 0.6) is 0 Å². The van der Waals surface area contributed by atoms with E-state index < -0.39 is 0 Å². The molecule has 3 rings (SSSR count). The number of nitrogens with one attached hydrogen (secondary N) is 3. The number of rotatable bonds is 4. The van der Waals surface area contributed by atoms with E-state index >= 15 is 0 Å². The van der Waals surface area contributed by atoms with Crippen molar-refractivity contribution >= 4 is 5.69 Å². The number of benzene rings is 1. The quantitative estimate of drug-likeness (QED) is 0.797. The lowest BCUT2D eigenvalue weighted by molar-refractivity contribution is 0.390. The number of aromatic nitrogens is 3. The molecule has 1 aliphatic heterocycles. The van der Waals surface area contributed by atoms with Crippen LogP contribution in [0, 0.1) is 12.8 Å². The summed E-state index contributed by atoms with van der Waals surface area (Å²) < 4.78 is 0. The van der Waals surface area contributed by atoms with Gasteiger partial charge in [-0.15, -0.1) is 0 Å². The summed E-state index contributed by atoms with van der Waals surface area (Å²) in [5.74, 6) is 2.37. The van der Waals surface area contributed by atoms with E-state index in [1.54, 1.807) is 0 Å². The Kier molecular flexibility index (Phi) is 3.97. The third kappa shape index (κ3) is 3.17. The molecule has 5 heteroatoms. The van der Waals surface area contributed by atoms with Gasteiger partial charge in [-0.3, -0.25) is 5.10 Å². The first-order valence-corrected chi connectivity index (χ1v) is 7.25. The van der Waals surface area contributed by atoms with Crippen molar-refractivity contribution in [1.29, 1.82) is 0 Å². The molecule has 0 amide bonds. The van der Waals surface area contributed by atoms with Crippen molar-refractivity contribution in [2.24, 2.45) is 5.92 Å². The third-order valence-corrected chi connectivity index (χ3v) is 3.77. The summed E-state index contributed by atoms with van der Waals surface area (Å²) >= 11 is 0. The number of hydrogen-bond acceptors (Lipinski definition) is 4. The molecule has 5 nitrogen and oxygen atoms in total. The first-order valence-electron chi connectivity index (χ1n) is 7.25. The molecule has 1 saturated heterocycles. The van der Waals surface area contributed by atoms with Gasteiger partial charge in [0.2, 0.25) is 0 Å². The molecular weight excluding hydrogens is 250 g/mol. The Balaban J connectivity index is 1.65. The van der Waals surface area contributed by atoms with E-state index in [1.807, 2.05) is 19.1 Å². The largest absolute Gasteiger partial charge is 0.385 e. The van der Waals surface area contributed by atoms with Crippen LogP contribution in [0.1, 0.15) is 18.7 Å². The zero-order valence-corrected chi connectivity index (χ0v) is 11.8. The minimum atomic E-state index is 0.757. The summed E-state index contributed by atoms with van der Waals surface area (Å²) in [6.07, 6.45) is 2.51. The fourth-order valence-electron chi connectivity index (χ4n) is 2.59. The molecule has 20 heavy (non-hydrogen) atoms. The molecule has 0 aliphatic carbocycles. The second-order valence-corrected chi connectivity index (χ2v) is 5.40. The predicted molar refractivity (Wildman–Crippen MR) is 80.6 cm³/mol. The van der Waals surface area contributed by atoms with Crippen molar-refractivity contribution in [3.05, 3.63) is 30.1 Å². The number of aryl methyl sites for hydroxylation is 1. The average molecular weight is 271 g/mol. The second kappa shape index (κ2) is 6.05. The molecule has 1 fully saturated rings. The zero-order valence-electron chi connectivity index (χ0n) is 11.8. The van der Waals surface area contributed by atoms with Gasteiger partial charge in [0, 0.05) is 17.8 Å². The normalized spacial score (nSPS) is 16.2. The van der Waals surface area contributed by atoms with Gasteiger partial charge in [-0.05, 0) is 50.9 Å². The van der Waals surface area contributed by atoms with Crippen molar-refractivity contribution in [2.75, 3.05) is 25.0 Å². The highest BCUT2D eigenvalue weighted by Crippen LogP contribution is 2.20. The molecule has 0 unspecified atom stereocenters. The molecule has 0 radical (unpaired) electrons. The summed E-state index contributed by atoms with van der Waals surface area (Å²) in [4.78, 5) is 4.37. The monoisotopic (exact) mass is 271 g/mol. The van der Waals surface area contributed by atoms with Gasteiger partial charge in [0.05, 0.1) is 0 Å². The van der Waals surface area contributed by atoms with Gasteiger partial charge in [0.15, 0.2) is 5.82 Å². The number of hydrogen-bond donors (Lipinski definition) is 3. The minimum Gasteiger partial charge on any atom is -0.385 e. The van der Waals surface area contributed by atoms with Gasteiger partial charge in [-0.25, -0.2) is 4.98 Å². The maximum absolute atomic E-state index is 4.37. The van der Waals surface area contributed by atoms with Crippen LogP contribution in [-0.2, 0) is 0 Å². The molecule has 0 bridgehead atoms. The second-order valence-electron chi connectivity index (χ2n) is 5.40. The summed E-state index contributed by atoms with van der Waals surface area (Å²) in [5.41, 5.74) is 2.19.